The summed E-state index contributed by atoms with van der Waals surface area (Å²) in [6, 6.07) is 2.68. The first-order valence-electron chi connectivity index (χ1n) is 7.83. The SMILES string of the molecule is C#CC(CC)(CC)NC(=O)COC(=O)c1cc(S(=O)(=O)NC)ccc1F. The van der Waals surface area contributed by atoms with Crippen molar-refractivity contribution in [1.29, 1.82) is 0 Å². The number of carbonyl (C=O) groups excluding carboxylic acids is 2. The number of terminal acetylenes is 1. The van der Waals surface area contributed by atoms with E-state index < -0.39 is 45.4 Å². The van der Waals surface area contributed by atoms with Crippen LogP contribution in [-0.2, 0) is 19.6 Å². The Labute approximate surface area is 152 Å². The van der Waals surface area contributed by atoms with E-state index in [1.54, 1.807) is 13.8 Å². The van der Waals surface area contributed by atoms with Gasteiger partial charge < -0.3 is 10.1 Å². The Morgan fingerprint density at radius 2 is 1.92 bits per heavy atom. The topological polar surface area (TPSA) is 102 Å². The maximum Gasteiger partial charge on any atom is 0.341 e. The largest absolute Gasteiger partial charge is 0.452 e. The number of rotatable bonds is 8. The van der Waals surface area contributed by atoms with Gasteiger partial charge in [0, 0.05) is 0 Å². The van der Waals surface area contributed by atoms with Crippen molar-refractivity contribution >= 4 is 21.9 Å². The minimum absolute atomic E-state index is 0.305. The molecule has 26 heavy (non-hydrogen) atoms. The summed E-state index contributed by atoms with van der Waals surface area (Å²) in [5.74, 6) is -0.270. The van der Waals surface area contributed by atoms with Gasteiger partial charge in [-0.15, -0.1) is 6.42 Å². The number of sulfonamides is 1. The van der Waals surface area contributed by atoms with Crippen LogP contribution in [-0.4, -0.2) is 39.5 Å². The quantitative estimate of drug-likeness (QED) is 0.518. The molecular weight excluding hydrogens is 363 g/mol. The van der Waals surface area contributed by atoms with E-state index in [2.05, 4.69) is 16.0 Å². The Kier molecular flexibility index (Phi) is 7.29. The molecule has 1 aromatic carbocycles. The summed E-state index contributed by atoms with van der Waals surface area (Å²) in [5.41, 5.74) is -1.45. The molecular formula is C17H21FN2O5S. The van der Waals surface area contributed by atoms with Gasteiger partial charge in [-0.05, 0) is 38.1 Å². The first-order chi connectivity index (χ1) is 12.1. The van der Waals surface area contributed by atoms with E-state index in [0.717, 1.165) is 18.2 Å². The van der Waals surface area contributed by atoms with Gasteiger partial charge >= 0.3 is 5.97 Å². The van der Waals surface area contributed by atoms with Crippen molar-refractivity contribution in [1.82, 2.24) is 10.0 Å². The molecule has 0 aromatic heterocycles. The van der Waals surface area contributed by atoms with Crippen molar-refractivity contribution in [3.8, 4) is 12.3 Å². The van der Waals surface area contributed by atoms with Crippen LogP contribution in [0.4, 0.5) is 4.39 Å². The van der Waals surface area contributed by atoms with Crippen LogP contribution in [0.3, 0.4) is 0 Å². The number of hydrogen-bond acceptors (Lipinski definition) is 5. The van der Waals surface area contributed by atoms with E-state index in [1.165, 1.54) is 7.05 Å². The van der Waals surface area contributed by atoms with Crippen molar-refractivity contribution in [2.45, 2.75) is 37.1 Å². The predicted octanol–water partition coefficient (Wildman–Crippen LogP) is 1.20. The lowest BCUT2D eigenvalue weighted by molar-refractivity contribution is -0.125. The molecule has 1 rings (SSSR count). The highest BCUT2D eigenvalue weighted by Crippen LogP contribution is 2.16. The molecule has 0 saturated carbocycles. The lowest BCUT2D eigenvalue weighted by atomic mass is 9.94. The van der Waals surface area contributed by atoms with Gasteiger partial charge in [0.05, 0.1) is 10.5 Å². The predicted molar refractivity (Wildman–Crippen MR) is 93.2 cm³/mol. The van der Waals surface area contributed by atoms with Crippen LogP contribution in [0.15, 0.2) is 23.1 Å². The highest BCUT2D eigenvalue weighted by molar-refractivity contribution is 7.89. The zero-order valence-corrected chi connectivity index (χ0v) is 15.6. The van der Waals surface area contributed by atoms with E-state index in [9.17, 15) is 22.4 Å². The van der Waals surface area contributed by atoms with Crippen LogP contribution in [0.1, 0.15) is 37.0 Å². The molecule has 0 radical (unpaired) electrons. The molecule has 0 aliphatic rings. The molecule has 0 bridgehead atoms. The van der Waals surface area contributed by atoms with Crippen molar-refractivity contribution in [2.24, 2.45) is 0 Å². The summed E-state index contributed by atoms with van der Waals surface area (Å²) in [5, 5.41) is 2.59. The molecule has 0 atom stereocenters. The molecule has 1 amide bonds. The molecule has 0 aliphatic carbocycles. The van der Waals surface area contributed by atoms with Crippen LogP contribution in [0, 0.1) is 18.2 Å². The van der Waals surface area contributed by atoms with Gasteiger partial charge in [-0.1, -0.05) is 19.8 Å². The number of nitrogens with one attached hydrogen (secondary N) is 2. The monoisotopic (exact) mass is 384 g/mol. The van der Waals surface area contributed by atoms with Crippen LogP contribution in [0.25, 0.3) is 0 Å². The van der Waals surface area contributed by atoms with E-state index in [1.807, 2.05) is 0 Å². The fourth-order valence-corrected chi connectivity index (χ4v) is 2.88. The maximum absolute atomic E-state index is 13.8. The second-order valence-electron chi connectivity index (χ2n) is 5.41. The van der Waals surface area contributed by atoms with Gasteiger partial charge in [0.1, 0.15) is 11.4 Å². The summed E-state index contributed by atoms with van der Waals surface area (Å²) in [7, 11) is -2.68. The third-order valence-electron chi connectivity index (χ3n) is 3.93. The zero-order valence-electron chi connectivity index (χ0n) is 14.8. The van der Waals surface area contributed by atoms with Crippen molar-refractivity contribution in [3.05, 3.63) is 29.6 Å². The molecule has 0 saturated heterocycles. The average molecular weight is 384 g/mol. The third-order valence-corrected chi connectivity index (χ3v) is 5.35. The second kappa shape index (κ2) is 8.78. The lowest BCUT2D eigenvalue weighted by Crippen LogP contribution is -2.48. The molecule has 9 heteroatoms. The van der Waals surface area contributed by atoms with Crippen molar-refractivity contribution in [2.75, 3.05) is 13.7 Å². The molecule has 142 valence electrons. The summed E-state index contributed by atoms with van der Waals surface area (Å²) in [6.07, 6.45) is 6.40. The van der Waals surface area contributed by atoms with E-state index in [-0.39, 0.29) is 4.90 Å². The minimum atomic E-state index is -3.86. The van der Waals surface area contributed by atoms with Gasteiger partial charge in [0.15, 0.2) is 6.61 Å². The summed E-state index contributed by atoms with van der Waals surface area (Å²) >= 11 is 0. The van der Waals surface area contributed by atoms with Gasteiger partial charge in [0.2, 0.25) is 10.0 Å². The van der Waals surface area contributed by atoms with Gasteiger partial charge in [0.25, 0.3) is 5.91 Å². The standard InChI is InChI=1S/C17H21FN2O5S/c1-5-17(6-2,7-3)20-15(21)11-25-16(22)13-10-12(8-9-14(13)18)26(23,24)19-4/h1,8-10,19H,6-7,11H2,2-4H3,(H,20,21). The van der Waals surface area contributed by atoms with Crippen molar-refractivity contribution in [3.63, 3.8) is 0 Å². The molecule has 0 spiro atoms. The Balaban J connectivity index is 2.88. The smallest absolute Gasteiger partial charge is 0.341 e. The van der Waals surface area contributed by atoms with Crippen LogP contribution in [0.2, 0.25) is 0 Å². The third kappa shape index (κ3) is 5.03. The summed E-state index contributed by atoms with van der Waals surface area (Å²) < 4.78 is 44.1. The molecule has 1 aromatic rings. The summed E-state index contributed by atoms with van der Waals surface area (Å²) in [4.78, 5) is 23.7. The molecule has 0 unspecified atom stereocenters. The molecule has 0 heterocycles. The fourth-order valence-electron chi connectivity index (χ4n) is 2.12. The Morgan fingerprint density at radius 3 is 2.42 bits per heavy atom. The lowest BCUT2D eigenvalue weighted by Gasteiger charge is -2.26. The van der Waals surface area contributed by atoms with Crippen LogP contribution in [0.5, 0.6) is 0 Å². The number of ether oxygens (including phenoxy) is 1. The number of esters is 1. The van der Waals surface area contributed by atoms with Crippen molar-refractivity contribution < 1.29 is 27.1 Å². The molecule has 0 aliphatic heterocycles. The molecule has 0 fully saturated rings. The number of halogens is 1. The Bertz CT molecular complexity index is 826. The number of carbonyl (C=O) groups is 2. The highest BCUT2D eigenvalue weighted by atomic mass is 32.2. The first-order valence-corrected chi connectivity index (χ1v) is 9.32. The van der Waals surface area contributed by atoms with Gasteiger partial charge in [-0.25, -0.2) is 22.3 Å². The fraction of sp³-hybridized carbons (Fsp3) is 0.412. The Hall–Kier alpha value is -2.44. The van der Waals surface area contributed by atoms with E-state index in [0.29, 0.717) is 12.8 Å². The summed E-state index contributed by atoms with van der Waals surface area (Å²) in [6.45, 7) is 2.93. The first kappa shape index (κ1) is 21.6. The maximum atomic E-state index is 13.8. The minimum Gasteiger partial charge on any atom is -0.452 e. The molecule has 7 nitrogen and oxygen atoms in total. The van der Waals surface area contributed by atoms with Crippen LogP contribution < -0.4 is 10.0 Å². The highest BCUT2D eigenvalue weighted by Gasteiger charge is 2.26. The number of hydrogen-bond donors (Lipinski definition) is 2. The van der Waals surface area contributed by atoms with E-state index in [4.69, 9.17) is 11.2 Å². The second-order valence-corrected chi connectivity index (χ2v) is 7.29. The van der Waals surface area contributed by atoms with Gasteiger partial charge in [-0.3, -0.25) is 4.79 Å². The molecule has 2 N–H and O–H groups in total. The number of benzene rings is 1. The Morgan fingerprint density at radius 1 is 1.31 bits per heavy atom. The zero-order chi connectivity index (χ0) is 20.0. The normalized spacial score (nSPS) is 11.5. The van der Waals surface area contributed by atoms with Gasteiger partial charge in [-0.2, -0.15) is 0 Å². The average Bonchev–Trinajstić information content (AvgIpc) is 2.64. The van der Waals surface area contributed by atoms with E-state index >= 15 is 0 Å². The van der Waals surface area contributed by atoms with Crippen LogP contribution >= 0.6 is 0 Å². The number of amides is 1.